The Bertz CT molecular complexity index is 3570. The third-order valence-corrected chi connectivity index (χ3v) is 17.8. The lowest BCUT2D eigenvalue weighted by Gasteiger charge is -2.31. The zero-order valence-electron chi connectivity index (χ0n) is 57.9. The van der Waals surface area contributed by atoms with E-state index < -0.39 is 0 Å². The highest BCUT2D eigenvalue weighted by molar-refractivity contribution is 5.61. The molecule has 92 heavy (non-hydrogen) atoms. The second-order valence-electron chi connectivity index (χ2n) is 29.3. The second-order valence-corrected chi connectivity index (χ2v) is 29.3. The summed E-state index contributed by atoms with van der Waals surface area (Å²) in [5.74, 6) is 3.37. The van der Waals surface area contributed by atoms with Crippen LogP contribution in [-0.2, 0) is 48.1 Å². The lowest BCUT2D eigenvalue weighted by Crippen LogP contribution is -2.18. The minimum absolute atomic E-state index is 0.165. The first-order chi connectivity index (χ1) is 43.6. The van der Waals surface area contributed by atoms with Crippen LogP contribution >= 0.6 is 0 Å². The maximum atomic E-state index is 6.91. The summed E-state index contributed by atoms with van der Waals surface area (Å²) in [6.45, 7) is 54.0. The lowest BCUT2D eigenvalue weighted by molar-refractivity contribution is 0.295. The van der Waals surface area contributed by atoms with Gasteiger partial charge in [-0.2, -0.15) is 0 Å². The fourth-order valence-corrected chi connectivity index (χ4v) is 12.5. The fraction of sp³-hybridized carbons (Fsp3) is 0.295. The van der Waals surface area contributed by atoms with Crippen molar-refractivity contribution in [1.29, 1.82) is 0 Å². The highest BCUT2D eigenvalue weighted by Crippen LogP contribution is 2.48. The van der Waals surface area contributed by atoms with Crippen LogP contribution in [0.1, 0.15) is 217 Å². The Hall–Kier alpha value is -8.86. The molecule has 0 N–H and O–H groups in total. The van der Waals surface area contributed by atoms with Crippen molar-refractivity contribution in [2.45, 2.75) is 171 Å². The van der Waals surface area contributed by atoms with Gasteiger partial charge in [-0.3, -0.25) is 0 Å². The minimum atomic E-state index is -0.248. The highest BCUT2D eigenvalue weighted by atomic mass is 16.5. The third-order valence-electron chi connectivity index (χ3n) is 17.8. The molecule has 0 aliphatic rings. The van der Waals surface area contributed by atoms with Crippen molar-refractivity contribution < 1.29 is 18.9 Å². The molecule has 4 heteroatoms. The number of hydrogen-bond donors (Lipinski definition) is 0. The molecule has 0 aliphatic heterocycles. The van der Waals surface area contributed by atoms with Gasteiger partial charge in [-0.25, -0.2) is 0 Å². The molecule has 0 amide bonds. The molecule has 0 saturated heterocycles. The van der Waals surface area contributed by atoms with E-state index in [2.05, 4.69) is 307 Å². The van der Waals surface area contributed by atoms with Crippen LogP contribution in [0.3, 0.4) is 0 Å². The number of hydrogen-bond acceptors (Lipinski definition) is 4. The van der Waals surface area contributed by atoms with Gasteiger partial charge in [0, 0.05) is 34.1 Å². The topological polar surface area (TPSA) is 36.9 Å². The molecular formula is C88H98O4. The van der Waals surface area contributed by atoms with Crippen molar-refractivity contribution in [3.05, 3.63) is 319 Å². The van der Waals surface area contributed by atoms with E-state index in [4.69, 9.17) is 18.9 Å². The Morgan fingerprint density at radius 2 is 0.457 bits per heavy atom. The third kappa shape index (κ3) is 15.9. The molecule has 4 nitrogen and oxygen atoms in total. The SMILES string of the molecule is C=Cc1ccc(COc2c(C)cc(C(c3ccc(C(c4cc(C)c(OCc5ccc(C=C)cc5)c(C(C)(C)C)c4)c4cc(C)c(OCc5ccc(C=C)cc5)c(C(C)(C)C)c4)cc3)c3cc(C)c(OCc4ccc(C=C)cc4)c(C(C)(C)C)c3)cc2C(C)(C)C)cc1. The van der Waals surface area contributed by atoms with Gasteiger partial charge >= 0.3 is 0 Å². The van der Waals surface area contributed by atoms with E-state index >= 15 is 0 Å². The van der Waals surface area contributed by atoms with Gasteiger partial charge in [-0.15, -0.1) is 0 Å². The Kier molecular flexibility index (Phi) is 20.5. The molecule has 0 radical (unpaired) electrons. The number of aryl methyl sites for hydroxylation is 4. The first-order valence-electron chi connectivity index (χ1n) is 32.6. The van der Waals surface area contributed by atoms with Crippen LogP contribution in [0.25, 0.3) is 24.3 Å². The molecule has 0 spiro atoms. The number of benzene rings is 9. The van der Waals surface area contributed by atoms with Gasteiger partial charge in [-0.05, 0) is 149 Å². The van der Waals surface area contributed by atoms with Crippen molar-refractivity contribution in [3.63, 3.8) is 0 Å². The number of rotatable bonds is 22. The zero-order chi connectivity index (χ0) is 66.5. The smallest absolute Gasteiger partial charge is 0.126 e. The Morgan fingerprint density at radius 1 is 0.272 bits per heavy atom. The first-order valence-corrected chi connectivity index (χ1v) is 32.6. The summed E-state index contributed by atoms with van der Waals surface area (Å²) in [6, 6.07) is 62.5. The molecule has 0 aromatic heterocycles. The largest absolute Gasteiger partial charge is 0.488 e. The number of ether oxygens (including phenoxy) is 4. The molecule has 0 heterocycles. The second kappa shape index (κ2) is 27.9. The van der Waals surface area contributed by atoms with E-state index in [9.17, 15) is 0 Å². The molecule has 0 saturated carbocycles. The summed E-state index contributed by atoms with van der Waals surface area (Å²) < 4.78 is 27.6. The van der Waals surface area contributed by atoms with E-state index in [0.717, 1.165) is 112 Å². The van der Waals surface area contributed by atoms with Crippen molar-refractivity contribution in [2.75, 3.05) is 0 Å². The molecule has 9 rings (SSSR count). The van der Waals surface area contributed by atoms with Crippen LogP contribution in [0.5, 0.6) is 23.0 Å². The molecule has 0 aliphatic carbocycles. The van der Waals surface area contributed by atoms with E-state index in [0.29, 0.717) is 26.4 Å². The van der Waals surface area contributed by atoms with Crippen LogP contribution in [0.2, 0.25) is 0 Å². The van der Waals surface area contributed by atoms with Crippen LogP contribution in [0.4, 0.5) is 0 Å². The summed E-state index contributed by atoms with van der Waals surface area (Å²) in [6.07, 6.45) is 7.50. The van der Waals surface area contributed by atoms with Gasteiger partial charge in [0.2, 0.25) is 0 Å². The zero-order valence-corrected chi connectivity index (χ0v) is 57.9. The molecule has 0 unspecified atom stereocenters. The lowest BCUT2D eigenvalue weighted by atomic mass is 9.75. The first kappa shape index (κ1) is 67.5. The summed E-state index contributed by atoms with van der Waals surface area (Å²) in [4.78, 5) is 0. The quantitative estimate of drug-likeness (QED) is 0.0634. The Balaban J connectivity index is 1.23. The maximum absolute atomic E-state index is 6.91. The summed E-state index contributed by atoms with van der Waals surface area (Å²) in [5.41, 5.74) is 24.0. The van der Waals surface area contributed by atoms with E-state index in [1.165, 1.54) is 33.4 Å². The summed E-state index contributed by atoms with van der Waals surface area (Å²) >= 11 is 0. The Labute approximate surface area is 552 Å². The van der Waals surface area contributed by atoms with Gasteiger partial charge in [-0.1, -0.05) is 304 Å². The van der Waals surface area contributed by atoms with Crippen LogP contribution in [0.15, 0.2) is 196 Å². The van der Waals surface area contributed by atoms with E-state index in [-0.39, 0.29) is 33.5 Å². The predicted octanol–water partition coefficient (Wildman–Crippen LogP) is 23.4. The van der Waals surface area contributed by atoms with E-state index in [1.807, 2.05) is 24.3 Å². The maximum Gasteiger partial charge on any atom is 0.126 e. The Morgan fingerprint density at radius 3 is 0.620 bits per heavy atom. The van der Waals surface area contributed by atoms with Crippen LogP contribution < -0.4 is 18.9 Å². The molecule has 0 bridgehead atoms. The monoisotopic (exact) mass is 1220 g/mol. The van der Waals surface area contributed by atoms with Crippen molar-refractivity contribution >= 4 is 24.3 Å². The molecule has 9 aromatic rings. The average molecular weight is 1220 g/mol. The highest BCUT2D eigenvalue weighted by Gasteiger charge is 2.32. The van der Waals surface area contributed by atoms with Gasteiger partial charge < -0.3 is 18.9 Å². The molecule has 0 fully saturated rings. The molecular weight excluding hydrogens is 1120 g/mol. The van der Waals surface area contributed by atoms with Crippen molar-refractivity contribution in [2.24, 2.45) is 0 Å². The van der Waals surface area contributed by atoms with Crippen LogP contribution in [0, 0.1) is 27.7 Å². The van der Waals surface area contributed by atoms with Gasteiger partial charge in [0.05, 0.1) is 0 Å². The van der Waals surface area contributed by atoms with Crippen molar-refractivity contribution in [1.82, 2.24) is 0 Å². The van der Waals surface area contributed by atoms with Gasteiger partial charge in [0.1, 0.15) is 49.4 Å². The standard InChI is InChI=1S/C88H98O4/c1-21-61-25-33-65(34-26-61)53-89-81-57(5)45-71(49-75(81)85(9,10)11)79(72-46-58(6)82(76(50-72)86(12,13)14)90-54-66-35-27-62(22-2)28-36-66)69-41-43-70(44-42-69)80(73-47-59(7)83(77(51-73)87(15,16)17)91-55-67-37-29-63(23-3)30-38-67)74-48-60(8)84(78(52-74)88(18,19)20)92-56-68-39-31-64(24-4)32-40-68/h21-52,79-80H,1-4,53-56H2,5-20H3. The van der Waals surface area contributed by atoms with E-state index in [1.54, 1.807) is 0 Å². The minimum Gasteiger partial charge on any atom is -0.488 e. The summed E-state index contributed by atoms with van der Waals surface area (Å²) in [5, 5.41) is 0. The summed E-state index contributed by atoms with van der Waals surface area (Å²) in [7, 11) is 0. The fourth-order valence-electron chi connectivity index (χ4n) is 12.5. The van der Waals surface area contributed by atoms with Gasteiger partial charge in [0.25, 0.3) is 0 Å². The van der Waals surface area contributed by atoms with Crippen LogP contribution in [-0.4, -0.2) is 0 Å². The molecule has 9 aromatic carbocycles. The predicted molar refractivity (Wildman–Crippen MR) is 391 cm³/mol. The molecule has 474 valence electrons. The van der Waals surface area contributed by atoms with Crippen molar-refractivity contribution in [3.8, 4) is 23.0 Å². The normalized spacial score (nSPS) is 12.0. The average Bonchev–Trinajstić information content (AvgIpc) is 0.766. The van der Waals surface area contributed by atoms with Gasteiger partial charge in [0.15, 0.2) is 0 Å². The molecule has 0 atom stereocenters.